The molecular weight excluding hydrogens is 322 g/mol. The lowest BCUT2D eigenvalue weighted by atomic mass is 10.2. The van der Waals surface area contributed by atoms with E-state index in [1.165, 1.54) is 0 Å². The summed E-state index contributed by atoms with van der Waals surface area (Å²) in [5.74, 6) is 0.588. The molecule has 25 heavy (non-hydrogen) atoms. The number of aromatic nitrogens is 2. The molecule has 2 N–H and O–H groups in total. The van der Waals surface area contributed by atoms with Gasteiger partial charge < -0.3 is 15.4 Å². The monoisotopic (exact) mass is 343 g/mol. The van der Waals surface area contributed by atoms with Gasteiger partial charge in [-0.2, -0.15) is 4.98 Å². The second-order valence-corrected chi connectivity index (χ2v) is 5.94. The average molecular weight is 343 g/mol. The number of nitrogens with zero attached hydrogens (tertiary/aromatic N) is 3. The topological polar surface area (TPSA) is 102 Å². The maximum Gasteiger partial charge on any atom is 0.332 e. The van der Waals surface area contributed by atoms with Gasteiger partial charge in [-0.15, -0.1) is 0 Å². The third-order valence-corrected chi connectivity index (χ3v) is 4.06. The normalized spacial score (nSPS) is 16.6. The number of nitrogens with one attached hydrogen (secondary N) is 2. The molecule has 8 nitrogen and oxygen atoms in total. The van der Waals surface area contributed by atoms with E-state index in [0.29, 0.717) is 24.7 Å². The molecule has 1 aliphatic rings. The molecule has 0 amide bonds. The highest BCUT2D eigenvalue weighted by Gasteiger charge is 2.23. The maximum atomic E-state index is 11.4. The van der Waals surface area contributed by atoms with Gasteiger partial charge in [0.15, 0.2) is 0 Å². The molecule has 2 aromatic rings. The average Bonchev–Trinajstić information content (AvgIpc) is 3.12. The molecule has 0 radical (unpaired) electrons. The minimum atomic E-state index is -0.452. The van der Waals surface area contributed by atoms with Crippen molar-refractivity contribution in [1.82, 2.24) is 9.97 Å². The van der Waals surface area contributed by atoms with Gasteiger partial charge in [-0.1, -0.05) is 30.3 Å². The van der Waals surface area contributed by atoms with Crippen LogP contribution in [0.2, 0.25) is 0 Å². The zero-order valence-electron chi connectivity index (χ0n) is 14.1. The Bertz CT molecular complexity index is 733. The van der Waals surface area contributed by atoms with Crippen molar-refractivity contribution in [2.75, 3.05) is 23.8 Å². The first-order chi connectivity index (χ1) is 12.1. The standard InChI is InChI=1S/C17H21N5O3/c1-12-15(22(23)24)16(18-10-13-6-3-2-4-7-13)21-17(20-12)19-11-14-8-5-9-25-14/h2-4,6-7,14H,5,8-11H2,1H3,(H2,18,19,20,21)/t14-/m0/s1. The summed E-state index contributed by atoms with van der Waals surface area (Å²) in [6.45, 7) is 3.43. The fraction of sp³-hybridized carbons (Fsp3) is 0.412. The van der Waals surface area contributed by atoms with Crippen molar-refractivity contribution in [2.45, 2.75) is 32.4 Å². The van der Waals surface area contributed by atoms with Crippen molar-refractivity contribution in [1.29, 1.82) is 0 Å². The van der Waals surface area contributed by atoms with Crippen LogP contribution in [-0.2, 0) is 11.3 Å². The summed E-state index contributed by atoms with van der Waals surface area (Å²) in [6.07, 6.45) is 2.19. The summed E-state index contributed by atoms with van der Waals surface area (Å²) >= 11 is 0. The van der Waals surface area contributed by atoms with Gasteiger partial charge in [0.05, 0.1) is 11.0 Å². The van der Waals surface area contributed by atoms with Gasteiger partial charge in [0, 0.05) is 19.7 Å². The van der Waals surface area contributed by atoms with Gasteiger partial charge in [0.1, 0.15) is 5.69 Å². The van der Waals surface area contributed by atoms with E-state index in [4.69, 9.17) is 4.74 Å². The van der Waals surface area contributed by atoms with Gasteiger partial charge in [0.25, 0.3) is 0 Å². The second-order valence-electron chi connectivity index (χ2n) is 5.94. The molecule has 0 saturated carbocycles. The molecule has 1 atom stereocenters. The summed E-state index contributed by atoms with van der Waals surface area (Å²) in [6, 6.07) is 9.66. The summed E-state index contributed by atoms with van der Waals surface area (Å²) in [4.78, 5) is 19.4. The minimum Gasteiger partial charge on any atom is -0.376 e. The van der Waals surface area contributed by atoms with E-state index in [1.54, 1.807) is 6.92 Å². The number of ether oxygens (including phenoxy) is 1. The number of rotatable bonds is 7. The summed E-state index contributed by atoms with van der Waals surface area (Å²) < 4.78 is 5.56. The highest BCUT2D eigenvalue weighted by Crippen LogP contribution is 2.27. The van der Waals surface area contributed by atoms with Crippen molar-refractivity contribution in [3.63, 3.8) is 0 Å². The van der Waals surface area contributed by atoms with E-state index < -0.39 is 4.92 Å². The SMILES string of the molecule is Cc1nc(NC[C@@H]2CCCO2)nc(NCc2ccccc2)c1[N+](=O)[O-]. The van der Waals surface area contributed by atoms with Gasteiger partial charge in [0.2, 0.25) is 11.8 Å². The highest BCUT2D eigenvalue weighted by atomic mass is 16.6. The van der Waals surface area contributed by atoms with Gasteiger partial charge in [-0.25, -0.2) is 4.98 Å². The van der Waals surface area contributed by atoms with E-state index in [9.17, 15) is 10.1 Å². The lowest BCUT2D eigenvalue weighted by Crippen LogP contribution is -2.20. The molecule has 1 saturated heterocycles. The quantitative estimate of drug-likeness (QED) is 0.588. The van der Waals surface area contributed by atoms with Crippen molar-refractivity contribution in [3.05, 3.63) is 51.7 Å². The Labute approximate surface area is 145 Å². The van der Waals surface area contributed by atoms with Crippen LogP contribution in [0, 0.1) is 17.0 Å². The second kappa shape index (κ2) is 7.89. The fourth-order valence-corrected chi connectivity index (χ4v) is 2.78. The molecule has 0 unspecified atom stereocenters. The van der Waals surface area contributed by atoms with Crippen LogP contribution in [0.15, 0.2) is 30.3 Å². The Kier molecular flexibility index (Phi) is 5.39. The van der Waals surface area contributed by atoms with Crippen LogP contribution in [0.25, 0.3) is 0 Å². The third-order valence-electron chi connectivity index (χ3n) is 4.06. The molecule has 0 bridgehead atoms. The van der Waals surface area contributed by atoms with Crippen molar-refractivity contribution in [2.24, 2.45) is 0 Å². The van der Waals surface area contributed by atoms with E-state index >= 15 is 0 Å². The Morgan fingerprint density at radius 3 is 2.76 bits per heavy atom. The number of nitro groups is 1. The molecule has 0 spiro atoms. The van der Waals surface area contributed by atoms with E-state index in [0.717, 1.165) is 25.0 Å². The first-order valence-corrected chi connectivity index (χ1v) is 8.30. The largest absolute Gasteiger partial charge is 0.376 e. The lowest BCUT2D eigenvalue weighted by molar-refractivity contribution is -0.385. The molecular formula is C17H21N5O3. The number of hydrogen-bond donors (Lipinski definition) is 2. The molecule has 2 heterocycles. The molecule has 8 heteroatoms. The van der Waals surface area contributed by atoms with Crippen LogP contribution in [0.5, 0.6) is 0 Å². The zero-order chi connectivity index (χ0) is 17.6. The van der Waals surface area contributed by atoms with Crippen molar-refractivity contribution < 1.29 is 9.66 Å². The predicted molar refractivity (Wildman–Crippen MR) is 94.7 cm³/mol. The number of aryl methyl sites for hydroxylation is 1. The molecule has 132 valence electrons. The Morgan fingerprint density at radius 2 is 2.08 bits per heavy atom. The molecule has 1 aromatic carbocycles. The van der Waals surface area contributed by atoms with E-state index in [1.807, 2.05) is 30.3 Å². The summed E-state index contributed by atoms with van der Waals surface area (Å²) in [5, 5.41) is 17.6. The maximum absolute atomic E-state index is 11.4. The smallest absolute Gasteiger partial charge is 0.332 e. The van der Waals surface area contributed by atoms with Crippen LogP contribution in [0.3, 0.4) is 0 Å². The Morgan fingerprint density at radius 1 is 1.28 bits per heavy atom. The number of hydrogen-bond acceptors (Lipinski definition) is 7. The van der Waals surface area contributed by atoms with Gasteiger partial charge >= 0.3 is 5.69 Å². The van der Waals surface area contributed by atoms with Crippen LogP contribution in [-0.4, -0.2) is 34.1 Å². The molecule has 0 aliphatic carbocycles. The third kappa shape index (κ3) is 4.42. The highest BCUT2D eigenvalue weighted by molar-refractivity contribution is 5.61. The summed E-state index contributed by atoms with van der Waals surface area (Å²) in [7, 11) is 0. The lowest BCUT2D eigenvalue weighted by Gasteiger charge is -2.13. The van der Waals surface area contributed by atoms with Crippen LogP contribution in [0.4, 0.5) is 17.5 Å². The van der Waals surface area contributed by atoms with Gasteiger partial charge in [-0.05, 0) is 25.3 Å². The van der Waals surface area contributed by atoms with E-state index in [2.05, 4.69) is 20.6 Å². The Hall–Kier alpha value is -2.74. The minimum absolute atomic E-state index is 0.0985. The van der Waals surface area contributed by atoms with Crippen LogP contribution in [0.1, 0.15) is 24.1 Å². The van der Waals surface area contributed by atoms with E-state index in [-0.39, 0.29) is 17.6 Å². The first-order valence-electron chi connectivity index (χ1n) is 8.30. The van der Waals surface area contributed by atoms with Crippen molar-refractivity contribution >= 4 is 17.5 Å². The number of anilines is 2. The fourth-order valence-electron chi connectivity index (χ4n) is 2.78. The van der Waals surface area contributed by atoms with Crippen LogP contribution >= 0.6 is 0 Å². The number of benzene rings is 1. The summed E-state index contributed by atoms with van der Waals surface area (Å²) in [5.41, 5.74) is 1.24. The molecule has 1 fully saturated rings. The Balaban J connectivity index is 1.76. The van der Waals surface area contributed by atoms with Crippen LogP contribution < -0.4 is 10.6 Å². The zero-order valence-corrected chi connectivity index (χ0v) is 14.1. The van der Waals surface area contributed by atoms with Gasteiger partial charge in [-0.3, -0.25) is 10.1 Å². The molecule has 1 aliphatic heterocycles. The first kappa shape index (κ1) is 17.1. The van der Waals surface area contributed by atoms with Crippen molar-refractivity contribution in [3.8, 4) is 0 Å². The molecule has 3 rings (SSSR count). The molecule has 1 aromatic heterocycles. The predicted octanol–water partition coefficient (Wildman–Crippen LogP) is 2.90.